The third kappa shape index (κ3) is 6.25. The van der Waals surface area contributed by atoms with Crippen molar-refractivity contribution in [2.75, 3.05) is 12.4 Å². The molecule has 1 aromatic rings. The minimum Gasteiger partial charge on any atom is -0.479 e. The molecule has 0 saturated carbocycles. The van der Waals surface area contributed by atoms with Crippen LogP contribution in [0.2, 0.25) is 0 Å². The van der Waals surface area contributed by atoms with Crippen LogP contribution in [0.5, 0.6) is 0 Å². The summed E-state index contributed by atoms with van der Waals surface area (Å²) in [6.07, 6.45) is -0.822. The Morgan fingerprint density at radius 2 is 1.70 bits per heavy atom. The van der Waals surface area contributed by atoms with Crippen molar-refractivity contribution in [1.82, 2.24) is 10.6 Å². The van der Waals surface area contributed by atoms with E-state index in [9.17, 15) is 19.5 Å². The minimum absolute atomic E-state index is 0.353. The van der Waals surface area contributed by atoms with Crippen LogP contribution in [0.1, 0.15) is 32.4 Å². The van der Waals surface area contributed by atoms with Gasteiger partial charge >= 0.3 is 18.1 Å². The zero-order valence-corrected chi connectivity index (χ0v) is 13.5. The quantitative estimate of drug-likeness (QED) is 0.677. The first-order valence-corrected chi connectivity index (χ1v) is 6.93. The molecule has 8 heteroatoms. The van der Waals surface area contributed by atoms with E-state index in [1.165, 1.54) is 31.3 Å². The summed E-state index contributed by atoms with van der Waals surface area (Å²) in [5.41, 5.74) is 0.120. The van der Waals surface area contributed by atoms with Gasteiger partial charge in [0.25, 0.3) is 0 Å². The summed E-state index contributed by atoms with van der Waals surface area (Å²) >= 11 is 0. The molecule has 1 rings (SSSR count). The maximum Gasteiger partial charge on any atom is 0.408 e. The zero-order chi connectivity index (χ0) is 17.6. The van der Waals surface area contributed by atoms with Gasteiger partial charge in [-0.15, -0.1) is 0 Å². The first-order valence-electron chi connectivity index (χ1n) is 6.93. The Kier molecular flexibility index (Phi) is 5.94. The number of hydrogen-bond donors (Lipinski definition) is 4. The maximum atomic E-state index is 11.7. The van der Waals surface area contributed by atoms with Gasteiger partial charge in [-0.05, 0) is 38.5 Å². The molecule has 1 aromatic carbocycles. The van der Waals surface area contributed by atoms with E-state index >= 15 is 0 Å². The highest BCUT2D eigenvalue weighted by molar-refractivity contribution is 5.89. The molecule has 0 saturated heterocycles. The van der Waals surface area contributed by atoms with Crippen molar-refractivity contribution >= 4 is 23.8 Å². The fourth-order valence-electron chi connectivity index (χ4n) is 1.67. The Bertz CT molecular complexity index is 578. The average molecular weight is 323 g/mol. The number of carboxylic acids is 1. The Labute approximate surface area is 134 Å². The lowest BCUT2D eigenvalue weighted by Crippen LogP contribution is -2.38. The topological polar surface area (TPSA) is 117 Å². The number of nitrogens with one attached hydrogen (secondary N) is 3. The van der Waals surface area contributed by atoms with Gasteiger partial charge in [0.2, 0.25) is 0 Å². The van der Waals surface area contributed by atoms with E-state index in [0.717, 1.165) is 0 Å². The number of anilines is 1. The number of ether oxygens (including phenoxy) is 1. The van der Waals surface area contributed by atoms with Crippen molar-refractivity contribution in [3.8, 4) is 0 Å². The van der Waals surface area contributed by atoms with Gasteiger partial charge in [-0.2, -0.15) is 0 Å². The third-order valence-electron chi connectivity index (χ3n) is 2.64. The van der Waals surface area contributed by atoms with E-state index < -0.39 is 23.7 Å². The fraction of sp³-hybridized carbons (Fsp3) is 0.400. The van der Waals surface area contributed by atoms with Crippen molar-refractivity contribution in [2.24, 2.45) is 0 Å². The van der Waals surface area contributed by atoms with Crippen molar-refractivity contribution in [3.63, 3.8) is 0 Å². The molecule has 8 nitrogen and oxygen atoms in total. The second-order valence-corrected chi connectivity index (χ2v) is 5.74. The lowest BCUT2D eigenvalue weighted by Gasteiger charge is -2.22. The molecule has 0 fully saturated rings. The second kappa shape index (κ2) is 7.48. The van der Waals surface area contributed by atoms with E-state index in [4.69, 9.17) is 4.74 Å². The first-order chi connectivity index (χ1) is 10.6. The molecule has 0 aliphatic carbocycles. The van der Waals surface area contributed by atoms with Crippen LogP contribution in [0.25, 0.3) is 0 Å². The number of amides is 3. The lowest BCUT2D eigenvalue weighted by atomic mass is 10.1. The highest BCUT2D eigenvalue weighted by Crippen LogP contribution is 2.18. The van der Waals surface area contributed by atoms with Crippen LogP contribution in [0.4, 0.5) is 15.3 Å². The van der Waals surface area contributed by atoms with Crippen LogP contribution in [-0.4, -0.2) is 35.8 Å². The predicted molar refractivity (Wildman–Crippen MR) is 84.3 cm³/mol. The summed E-state index contributed by atoms with van der Waals surface area (Å²) in [5, 5.41) is 16.5. The van der Waals surface area contributed by atoms with E-state index in [-0.39, 0.29) is 6.03 Å². The molecule has 126 valence electrons. The van der Waals surface area contributed by atoms with Crippen molar-refractivity contribution in [2.45, 2.75) is 32.4 Å². The highest BCUT2D eigenvalue weighted by atomic mass is 16.6. The average Bonchev–Trinajstić information content (AvgIpc) is 2.43. The summed E-state index contributed by atoms with van der Waals surface area (Å²) in [7, 11) is 1.48. The molecular weight excluding hydrogens is 302 g/mol. The van der Waals surface area contributed by atoms with E-state index in [0.29, 0.717) is 11.3 Å². The van der Waals surface area contributed by atoms with Gasteiger partial charge < -0.3 is 25.8 Å². The van der Waals surface area contributed by atoms with Gasteiger partial charge in [-0.25, -0.2) is 14.4 Å². The second-order valence-electron chi connectivity index (χ2n) is 5.74. The van der Waals surface area contributed by atoms with Gasteiger partial charge in [0, 0.05) is 12.7 Å². The largest absolute Gasteiger partial charge is 0.479 e. The third-order valence-corrected chi connectivity index (χ3v) is 2.64. The summed E-state index contributed by atoms with van der Waals surface area (Å²) in [4.78, 5) is 34.3. The Balaban J connectivity index is 2.84. The Morgan fingerprint density at radius 1 is 1.13 bits per heavy atom. The van der Waals surface area contributed by atoms with E-state index in [2.05, 4.69) is 16.0 Å². The molecule has 0 aliphatic heterocycles. The fourth-order valence-corrected chi connectivity index (χ4v) is 1.67. The van der Waals surface area contributed by atoms with E-state index in [1.807, 2.05) is 0 Å². The summed E-state index contributed by atoms with van der Waals surface area (Å²) in [5.74, 6) is -1.22. The molecule has 23 heavy (non-hydrogen) atoms. The van der Waals surface area contributed by atoms with Crippen molar-refractivity contribution < 1.29 is 24.2 Å². The van der Waals surface area contributed by atoms with Gasteiger partial charge in [0.05, 0.1) is 0 Å². The molecule has 0 aromatic heterocycles. The summed E-state index contributed by atoms with van der Waals surface area (Å²) in [6, 6.07) is 4.44. The molecular formula is C15H21N3O5. The first kappa shape index (κ1) is 18.3. The molecule has 0 radical (unpaired) electrons. The van der Waals surface area contributed by atoms with Crippen LogP contribution >= 0.6 is 0 Å². The molecule has 0 heterocycles. The molecule has 3 amide bonds. The summed E-state index contributed by atoms with van der Waals surface area (Å²) in [6.45, 7) is 5.05. The number of carbonyl (C=O) groups is 3. The number of carbonyl (C=O) groups excluding carboxylic acids is 2. The molecule has 1 atom stereocenters. The van der Waals surface area contributed by atoms with Crippen LogP contribution in [-0.2, 0) is 9.53 Å². The number of hydrogen-bond acceptors (Lipinski definition) is 4. The SMILES string of the molecule is CNC(=O)Nc1ccc(C(NC(=O)OC(C)(C)C)C(=O)O)cc1. The Hall–Kier alpha value is -2.77. The monoisotopic (exact) mass is 323 g/mol. The molecule has 1 unspecified atom stereocenters. The maximum absolute atomic E-state index is 11.7. The number of urea groups is 1. The molecule has 0 bridgehead atoms. The number of benzene rings is 1. The van der Waals surface area contributed by atoms with Crippen LogP contribution in [0.3, 0.4) is 0 Å². The normalized spacial score (nSPS) is 12.0. The van der Waals surface area contributed by atoms with Crippen molar-refractivity contribution in [1.29, 1.82) is 0 Å². The standard InChI is InChI=1S/C15H21N3O5/c1-15(2,3)23-14(22)18-11(12(19)20)9-5-7-10(8-6-9)17-13(21)16-4/h5-8,11H,1-4H3,(H,18,22)(H,19,20)(H2,16,17,21). The molecule has 0 spiro atoms. The minimum atomic E-state index is -1.25. The highest BCUT2D eigenvalue weighted by Gasteiger charge is 2.25. The van der Waals surface area contributed by atoms with Gasteiger partial charge in [0.15, 0.2) is 6.04 Å². The van der Waals surface area contributed by atoms with E-state index in [1.54, 1.807) is 20.8 Å². The van der Waals surface area contributed by atoms with Crippen LogP contribution in [0, 0.1) is 0 Å². The van der Waals surface area contributed by atoms with Gasteiger partial charge in [-0.1, -0.05) is 12.1 Å². The van der Waals surface area contributed by atoms with Gasteiger partial charge in [-0.3, -0.25) is 0 Å². The molecule has 4 N–H and O–H groups in total. The summed E-state index contributed by atoms with van der Waals surface area (Å²) < 4.78 is 5.05. The predicted octanol–water partition coefficient (Wildman–Crippen LogP) is 2.09. The van der Waals surface area contributed by atoms with Crippen LogP contribution < -0.4 is 16.0 Å². The number of alkyl carbamates (subject to hydrolysis) is 1. The number of aliphatic carboxylic acids is 1. The van der Waals surface area contributed by atoms with Crippen molar-refractivity contribution in [3.05, 3.63) is 29.8 Å². The van der Waals surface area contributed by atoms with Crippen LogP contribution in [0.15, 0.2) is 24.3 Å². The lowest BCUT2D eigenvalue weighted by molar-refractivity contribution is -0.139. The Morgan fingerprint density at radius 3 is 2.13 bits per heavy atom. The number of rotatable bonds is 4. The number of carboxylic acid groups (broad SMARTS) is 1. The zero-order valence-electron chi connectivity index (χ0n) is 13.5. The molecule has 0 aliphatic rings. The smallest absolute Gasteiger partial charge is 0.408 e. The van der Waals surface area contributed by atoms with Gasteiger partial charge in [0.1, 0.15) is 5.60 Å².